The zero-order valence-corrected chi connectivity index (χ0v) is 19.2. The van der Waals surface area contributed by atoms with Crippen LogP contribution in [0.1, 0.15) is 22.8 Å². The summed E-state index contributed by atoms with van der Waals surface area (Å²) in [5.74, 6) is 0.331. The van der Waals surface area contributed by atoms with Gasteiger partial charge in [-0.3, -0.25) is 0 Å². The molecule has 9 heteroatoms. The van der Waals surface area contributed by atoms with Crippen LogP contribution < -0.4 is 5.14 Å². The third-order valence-corrected chi connectivity index (χ3v) is 6.01. The van der Waals surface area contributed by atoms with E-state index < -0.39 is 16.8 Å². The first-order chi connectivity index (χ1) is 16.5. The molecule has 0 bridgehead atoms. The summed E-state index contributed by atoms with van der Waals surface area (Å²) in [6, 6.07) is 23.7. The Morgan fingerprint density at radius 3 is 2.32 bits per heavy atom. The van der Waals surface area contributed by atoms with Crippen molar-refractivity contribution < 1.29 is 8.60 Å². The van der Waals surface area contributed by atoms with Crippen molar-refractivity contribution in [3.63, 3.8) is 0 Å². The van der Waals surface area contributed by atoms with E-state index in [2.05, 4.69) is 16.3 Å². The highest BCUT2D eigenvalue weighted by atomic mass is 32.2. The van der Waals surface area contributed by atoms with E-state index >= 15 is 0 Å². The Hall–Kier alpha value is -3.87. The smallest absolute Gasteiger partial charge is 0.179 e. The van der Waals surface area contributed by atoms with E-state index in [1.165, 1.54) is 16.8 Å². The van der Waals surface area contributed by atoms with Crippen LogP contribution in [0.5, 0.6) is 0 Å². The maximum atomic E-state index is 14.9. The summed E-state index contributed by atoms with van der Waals surface area (Å²) in [5, 5.41) is 19.5. The minimum atomic E-state index is -1.79. The van der Waals surface area contributed by atoms with Crippen molar-refractivity contribution in [2.75, 3.05) is 6.54 Å². The van der Waals surface area contributed by atoms with Gasteiger partial charge in [-0.05, 0) is 35.7 Å². The molecule has 0 spiro atoms. The fraction of sp³-hybridized carbons (Fsp3) is 0.160. The molecule has 0 saturated heterocycles. The molecule has 1 atom stereocenters. The van der Waals surface area contributed by atoms with Crippen molar-refractivity contribution >= 4 is 11.0 Å². The van der Waals surface area contributed by atoms with Gasteiger partial charge in [0.1, 0.15) is 28.3 Å². The van der Waals surface area contributed by atoms with Gasteiger partial charge in [0.2, 0.25) is 0 Å². The molecule has 3 aromatic carbocycles. The second kappa shape index (κ2) is 10.8. The van der Waals surface area contributed by atoms with Crippen LogP contribution in [0.15, 0.2) is 83.8 Å². The lowest BCUT2D eigenvalue weighted by atomic mass is 10.1. The Kier molecular flexibility index (Phi) is 7.42. The molecule has 1 aromatic heterocycles. The van der Waals surface area contributed by atoms with Gasteiger partial charge in [-0.2, -0.15) is 5.26 Å². The number of halogens is 1. The molecular weight excluding hydrogens is 451 g/mol. The monoisotopic (exact) mass is 474 g/mol. The normalized spacial score (nSPS) is 11.7. The third kappa shape index (κ3) is 5.73. The molecule has 2 N–H and O–H groups in total. The molecule has 0 fully saturated rings. The van der Waals surface area contributed by atoms with Gasteiger partial charge in [0.15, 0.2) is 12.0 Å². The fourth-order valence-electron chi connectivity index (χ4n) is 3.57. The van der Waals surface area contributed by atoms with Crippen LogP contribution in [0.2, 0.25) is 0 Å². The maximum absolute atomic E-state index is 14.9. The number of hydrogen-bond acceptors (Lipinski definition) is 5. The Bertz CT molecular complexity index is 1320. The van der Waals surface area contributed by atoms with Crippen molar-refractivity contribution in [2.24, 2.45) is 5.14 Å². The number of rotatable bonds is 9. The van der Waals surface area contributed by atoms with Crippen molar-refractivity contribution in [2.45, 2.75) is 24.3 Å². The molecule has 4 aromatic rings. The highest BCUT2D eigenvalue weighted by molar-refractivity contribution is 7.82. The summed E-state index contributed by atoms with van der Waals surface area (Å²) < 4.78 is 27.9. The van der Waals surface area contributed by atoms with Crippen LogP contribution in [-0.4, -0.2) is 30.4 Å². The minimum Gasteiger partial charge on any atom is -0.303 e. The molecule has 4 rings (SSSR count). The van der Waals surface area contributed by atoms with E-state index in [4.69, 9.17) is 5.14 Å². The highest BCUT2D eigenvalue weighted by Gasteiger charge is 2.18. The van der Waals surface area contributed by atoms with Crippen LogP contribution in [0.4, 0.5) is 4.39 Å². The van der Waals surface area contributed by atoms with Gasteiger partial charge < -0.3 is 4.90 Å². The lowest BCUT2D eigenvalue weighted by Crippen LogP contribution is -2.21. The SMILES string of the molecule is N#CN(CCc1ccccc1)Cc1nc(Cc2ccccc2)n(-c2ccc(S(N)=O)cc2F)n1. The molecule has 1 heterocycles. The Morgan fingerprint density at radius 2 is 1.71 bits per heavy atom. The van der Waals surface area contributed by atoms with Crippen LogP contribution in [0.25, 0.3) is 5.69 Å². The van der Waals surface area contributed by atoms with E-state index in [0.717, 1.165) is 17.2 Å². The summed E-state index contributed by atoms with van der Waals surface area (Å²) in [5.41, 5.74) is 2.29. The molecular formula is C25H23FN6OS. The van der Waals surface area contributed by atoms with Gasteiger partial charge >= 0.3 is 0 Å². The van der Waals surface area contributed by atoms with E-state index in [0.29, 0.717) is 31.0 Å². The van der Waals surface area contributed by atoms with E-state index in [1.807, 2.05) is 60.7 Å². The molecule has 0 aliphatic rings. The summed E-state index contributed by atoms with van der Waals surface area (Å²) in [4.78, 5) is 6.39. The molecule has 7 nitrogen and oxygen atoms in total. The fourth-order valence-corrected chi connectivity index (χ4v) is 3.99. The first-order valence-electron chi connectivity index (χ1n) is 10.7. The average Bonchev–Trinajstić information content (AvgIpc) is 3.24. The number of hydrogen-bond donors (Lipinski definition) is 1. The topological polar surface area (TPSA) is 101 Å². The van der Waals surface area contributed by atoms with Crippen LogP contribution >= 0.6 is 0 Å². The Balaban J connectivity index is 1.62. The zero-order chi connectivity index (χ0) is 23.9. The quantitative estimate of drug-likeness (QED) is 0.296. The van der Waals surface area contributed by atoms with E-state index in [-0.39, 0.29) is 17.1 Å². The Labute approximate surface area is 199 Å². The van der Waals surface area contributed by atoms with Crippen molar-refractivity contribution in [1.29, 1.82) is 5.26 Å². The molecule has 0 aliphatic carbocycles. The average molecular weight is 475 g/mol. The van der Waals surface area contributed by atoms with Gasteiger partial charge in [-0.15, -0.1) is 5.10 Å². The summed E-state index contributed by atoms with van der Waals surface area (Å²) >= 11 is 0. The number of benzene rings is 3. The number of aromatic nitrogens is 3. The molecule has 0 aliphatic heterocycles. The predicted octanol–water partition coefficient (Wildman–Crippen LogP) is 3.50. The minimum absolute atomic E-state index is 0.173. The van der Waals surface area contributed by atoms with E-state index in [1.54, 1.807) is 4.90 Å². The van der Waals surface area contributed by atoms with Gasteiger partial charge in [0, 0.05) is 13.0 Å². The molecule has 34 heavy (non-hydrogen) atoms. The standard InChI is InChI=1S/C25H23FN6OS/c26-22-16-21(34(28)33)11-12-23(22)32-25(15-20-9-5-2-6-10-20)29-24(30-32)17-31(18-27)14-13-19-7-3-1-4-8-19/h1-12,16H,13-15,17,28H2. The lowest BCUT2D eigenvalue weighted by Gasteiger charge is -2.13. The van der Waals surface area contributed by atoms with Crippen molar-refractivity contribution in [3.8, 4) is 11.9 Å². The van der Waals surface area contributed by atoms with Gasteiger partial charge in [-0.1, -0.05) is 60.7 Å². The summed E-state index contributed by atoms with van der Waals surface area (Å²) in [7, 11) is -1.79. The molecule has 1 unspecified atom stereocenters. The first-order valence-corrected chi connectivity index (χ1v) is 11.9. The van der Waals surface area contributed by atoms with Crippen LogP contribution in [-0.2, 0) is 30.4 Å². The third-order valence-electron chi connectivity index (χ3n) is 5.29. The van der Waals surface area contributed by atoms with Crippen molar-refractivity contribution in [3.05, 3.63) is 107 Å². The van der Waals surface area contributed by atoms with Gasteiger partial charge in [-0.25, -0.2) is 23.4 Å². The largest absolute Gasteiger partial charge is 0.303 e. The maximum Gasteiger partial charge on any atom is 0.179 e. The predicted molar refractivity (Wildman–Crippen MR) is 127 cm³/mol. The molecule has 0 amide bonds. The summed E-state index contributed by atoms with van der Waals surface area (Å²) in [6.07, 6.45) is 3.32. The lowest BCUT2D eigenvalue weighted by molar-refractivity contribution is 0.379. The second-order valence-electron chi connectivity index (χ2n) is 7.69. The molecule has 0 radical (unpaired) electrons. The number of nitriles is 1. The molecule has 172 valence electrons. The number of nitrogens with zero attached hydrogens (tertiary/aromatic N) is 5. The first kappa shape index (κ1) is 23.3. The molecule has 0 saturated carbocycles. The van der Waals surface area contributed by atoms with E-state index in [9.17, 15) is 13.9 Å². The van der Waals surface area contributed by atoms with Crippen molar-refractivity contribution in [1.82, 2.24) is 19.7 Å². The zero-order valence-electron chi connectivity index (χ0n) is 18.3. The van der Waals surface area contributed by atoms with Gasteiger partial charge in [0.05, 0.1) is 11.4 Å². The highest BCUT2D eigenvalue weighted by Crippen LogP contribution is 2.20. The van der Waals surface area contributed by atoms with Crippen LogP contribution in [0.3, 0.4) is 0 Å². The van der Waals surface area contributed by atoms with Gasteiger partial charge in [0.25, 0.3) is 0 Å². The second-order valence-corrected chi connectivity index (χ2v) is 8.75. The number of nitrogens with two attached hydrogens (primary N) is 1. The van der Waals surface area contributed by atoms with Crippen LogP contribution in [0, 0.1) is 17.3 Å². The summed E-state index contributed by atoms with van der Waals surface area (Å²) in [6.45, 7) is 0.707. The Morgan fingerprint density at radius 1 is 1.03 bits per heavy atom.